The van der Waals surface area contributed by atoms with Gasteiger partial charge in [0.15, 0.2) is 0 Å². The second kappa shape index (κ2) is 9.13. The lowest BCUT2D eigenvalue weighted by atomic mass is 9.90. The van der Waals surface area contributed by atoms with Crippen LogP contribution in [0, 0.1) is 0 Å². The van der Waals surface area contributed by atoms with Crippen molar-refractivity contribution in [2.45, 2.75) is 25.4 Å². The molecular formula is C29H25ClN2O. The summed E-state index contributed by atoms with van der Waals surface area (Å²) < 4.78 is 0. The van der Waals surface area contributed by atoms with Crippen LogP contribution >= 0.6 is 11.6 Å². The molecule has 0 radical (unpaired) electrons. The van der Waals surface area contributed by atoms with E-state index in [0.29, 0.717) is 10.6 Å². The van der Waals surface area contributed by atoms with E-state index < -0.39 is 0 Å². The fourth-order valence-corrected chi connectivity index (χ4v) is 4.71. The summed E-state index contributed by atoms with van der Waals surface area (Å²) in [5.74, 6) is 0.0239. The lowest BCUT2D eigenvalue weighted by Gasteiger charge is -2.40. The molecular weight excluding hydrogens is 428 g/mol. The van der Waals surface area contributed by atoms with Gasteiger partial charge in [-0.1, -0.05) is 72.3 Å². The van der Waals surface area contributed by atoms with Crippen LogP contribution in [0.2, 0.25) is 5.02 Å². The minimum Gasteiger partial charge on any atom is -0.378 e. The highest BCUT2D eigenvalue weighted by atomic mass is 35.5. The number of anilines is 2. The molecule has 1 N–H and O–H groups in total. The molecule has 1 amide bonds. The van der Waals surface area contributed by atoms with Crippen molar-refractivity contribution in [3.63, 3.8) is 0 Å². The molecule has 2 atom stereocenters. The van der Waals surface area contributed by atoms with E-state index in [4.69, 9.17) is 11.6 Å². The van der Waals surface area contributed by atoms with Crippen molar-refractivity contribution in [1.29, 1.82) is 0 Å². The van der Waals surface area contributed by atoms with Crippen molar-refractivity contribution in [2.24, 2.45) is 0 Å². The number of rotatable bonds is 4. The van der Waals surface area contributed by atoms with Gasteiger partial charge in [-0.15, -0.1) is 0 Å². The lowest BCUT2D eigenvalue weighted by Crippen LogP contribution is -2.44. The molecule has 0 spiro atoms. The summed E-state index contributed by atoms with van der Waals surface area (Å²) in [6.07, 6.45) is 0.834. The van der Waals surface area contributed by atoms with Gasteiger partial charge in [-0.2, -0.15) is 0 Å². The maximum Gasteiger partial charge on any atom is 0.258 e. The molecule has 4 aromatic carbocycles. The van der Waals surface area contributed by atoms with Crippen molar-refractivity contribution in [2.75, 3.05) is 10.2 Å². The highest BCUT2D eigenvalue weighted by Gasteiger charge is 2.34. The summed E-state index contributed by atoms with van der Waals surface area (Å²) in [6.45, 7) is 2.12. The van der Waals surface area contributed by atoms with Crippen LogP contribution in [0.1, 0.15) is 35.3 Å². The van der Waals surface area contributed by atoms with Crippen LogP contribution in [0.15, 0.2) is 103 Å². The number of hydrogen-bond acceptors (Lipinski definition) is 2. The average molecular weight is 453 g/mol. The number of nitrogens with zero attached hydrogens (tertiary/aromatic N) is 1. The first-order valence-corrected chi connectivity index (χ1v) is 11.6. The predicted molar refractivity (Wildman–Crippen MR) is 137 cm³/mol. The van der Waals surface area contributed by atoms with E-state index in [1.165, 1.54) is 0 Å². The van der Waals surface area contributed by atoms with Crippen molar-refractivity contribution in [3.8, 4) is 11.1 Å². The van der Waals surface area contributed by atoms with E-state index in [1.807, 2.05) is 89.8 Å². The Morgan fingerprint density at radius 1 is 0.818 bits per heavy atom. The predicted octanol–water partition coefficient (Wildman–Crippen LogP) is 7.60. The molecule has 0 aliphatic carbocycles. The summed E-state index contributed by atoms with van der Waals surface area (Å²) in [4.78, 5) is 15.6. The molecule has 4 heteroatoms. The Kier molecular flexibility index (Phi) is 5.89. The first kappa shape index (κ1) is 21.3. The average Bonchev–Trinajstić information content (AvgIpc) is 2.85. The summed E-state index contributed by atoms with van der Waals surface area (Å²) in [7, 11) is 0. The molecule has 1 heterocycles. The van der Waals surface area contributed by atoms with Crippen LogP contribution in [0.3, 0.4) is 0 Å². The topological polar surface area (TPSA) is 32.3 Å². The van der Waals surface area contributed by atoms with Crippen molar-refractivity contribution in [3.05, 3.63) is 119 Å². The highest BCUT2D eigenvalue weighted by Crippen LogP contribution is 2.39. The van der Waals surface area contributed by atoms with Gasteiger partial charge in [0.2, 0.25) is 0 Å². The minimum atomic E-state index is 0.0239. The summed E-state index contributed by atoms with van der Waals surface area (Å²) in [5.41, 5.74) is 6.01. The molecule has 0 fully saturated rings. The number of carbonyl (C=O) groups excluding carboxylic acids is 1. The second-order valence-corrected chi connectivity index (χ2v) is 8.90. The molecule has 1 aliphatic rings. The van der Waals surface area contributed by atoms with E-state index in [0.717, 1.165) is 34.5 Å². The van der Waals surface area contributed by atoms with E-state index in [-0.39, 0.29) is 18.0 Å². The Hall–Kier alpha value is -3.56. The summed E-state index contributed by atoms with van der Waals surface area (Å²) in [6, 6.07) is 34.2. The van der Waals surface area contributed by atoms with Gasteiger partial charge in [0.25, 0.3) is 5.91 Å². The molecule has 164 valence electrons. The third-order valence-electron chi connectivity index (χ3n) is 6.23. The highest BCUT2D eigenvalue weighted by molar-refractivity contribution is 6.30. The maximum atomic E-state index is 13.6. The smallest absolute Gasteiger partial charge is 0.258 e. The number of carbonyl (C=O) groups is 1. The van der Waals surface area contributed by atoms with Gasteiger partial charge in [-0.3, -0.25) is 4.79 Å². The van der Waals surface area contributed by atoms with Crippen LogP contribution < -0.4 is 10.2 Å². The minimum absolute atomic E-state index is 0.0239. The first-order chi connectivity index (χ1) is 16.1. The van der Waals surface area contributed by atoms with Crippen molar-refractivity contribution >= 4 is 28.9 Å². The zero-order valence-electron chi connectivity index (χ0n) is 18.4. The van der Waals surface area contributed by atoms with Gasteiger partial charge in [-0.05, 0) is 72.5 Å². The fourth-order valence-electron chi connectivity index (χ4n) is 4.58. The van der Waals surface area contributed by atoms with Crippen LogP contribution in [0.25, 0.3) is 11.1 Å². The van der Waals surface area contributed by atoms with Crippen molar-refractivity contribution < 1.29 is 4.79 Å². The van der Waals surface area contributed by atoms with Gasteiger partial charge in [-0.25, -0.2) is 0 Å². The van der Waals surface area contributed by atoms with E-state index >= 15 is 0 Å². The Labute approximate surface area is 199 Å². The fraction of sp³-hybridized carbons (Fsp3) is 0.138. The summed E-state index contributed by atoms with van der Waals surface area (Å²) in [5, 5.41) is 4.36. The van der Waals surface area contributed by atoms with E-state index in [2.05, 4.69) is 30.4 Å². The standard InChI is InChI=1S/C29H25ClN2O/c1-20-19-27(31-25-7-3-2-4-8-25)26-9-5-6-10-28(26)32(20)29(33)23-13-11-21(12-14-23)22-15-17-24(30)18-16-22/h2-18,20,27,31H,19H2,1H3. The number of para-hydroxylation sites is 2. The Balaban J connectivity index is 1.42. The summed E-state index contributed by atoms with van der Waals surface area (Å²) >= 11 is 6.01. The Bertz CT molecular complexity index is 1250. The van der Waals surface area contributed by atoms with E-state index in [1.54, 1.807) is 0 Å². The molecule has 5 rings (SSSR count). The molecule has 0 bridgehead atoms. The SMILES string of the molecule is CC1CC(Nc2ccccc2)c2ccccc2N1C(=O)c1ccc(-c2ccc(Cl)cc2)cc1. The number of fused-ring (bicyclic) bond motifs is 1. The zero-order valence-corrected chi connectivity index (χ0v) is 19.2. The quantitative estimate of drug-likeness (QED) is 0.345. The van der Waals surface area contributed by atoms with Crippen LogP contribution in [-0.4, -0.2) is 11.9 Å². The number of nitrogens with one attached hydrogen (secondary N) is 1. The van der Waals surface area contributed by atoms with Gasteiger partial charge < -0.3 is 10.2 Å². The molecule has 0 aromatic heterocycles. The van der Waals surface area contributed by atoms with Crippen LogP contribution in [-0.2, 0) is 0 Å². The third-order valence-corrected chi connectivity index (χ3v) is 6.48. The van der Waals surface area contributed by atoms with Gasteiger partial charge in [0, 0.05) is 28.0 Å². The molecule has 2 unspecified atom stereocenters. The normalized spacial score (nSPS) is 17.3. The lowest BCUT2D eigenvalue weighted by molar-refractivity contribution is 0.0974. The first-order valence-electron chi connectivity index (χ1n) is 11.2. The second-order valence-electron chi connectivity index (χ2n) is 8.47. The number of halogens is 1. The number of hydrogen-bond donors (Lipinski definition) is 1. The van der Waals surface area contributed by atoms with Gasteiger partial charge in [0.05, 0.1) is 6.04 Å². The Morgan fingerprint density at radius 2 is 1.42 bits per heavy atom. The van der Waals surface area contributed by atoms with Crippen LogP contribution in [0.4, 0.5) is 11.4 Å². The van der Waals surface area contributed by atoms with Crippen LogP contribution in [0.5, 0.6) is 0 Å². The third kappa shape index (κ3) is 4.37. The monoisotopic (exact) mass is 452 g/mol. The number of amides is 1. The maximum absolute atomic E-state index is 13.6. The molecule has 0 saturated carbocycles. The number of benzene rings is 4. The Morgan fingerprint density at radius 3 is 2.12 bits per heavy atom. The van der Waals surface area contributed by atoms with Crippen molar-refractivity contribution in [1.82, 2.24) is 0 Å². The van der Waals surface area contributed by atoms with Gasteiger partial charge >= 0.3 is 0 Å². The largest absolute Gasteiger partial charge is 0.378 e. The van der Waals surface area contributed by atoms with Gasteiger partial charge in [0.1, 0.15) is 0 Å². The van der Waals surface area contributed by atoms with E-state index in [9.17, 15) is 4.79 Å². The molecule has 1 aliphatic heterocycles. The molecule has 4 aromatic rings. The molecule has 0 saturated heterocycles. The zero-order chi connectivity index (χ0) is 22.8. The molecule has 33 heavy (non-hydrogen) atoms. The molecule has 3 nitrogen and oxygen atoms in total.